The highest BCUT2D eigenvalue weighted by Gasteiger charge is 2.11. The smallest absolute Gasteiger partial charge is 0.251 e. The van der Waals surface area contributed by atoms with Crippen LogP contribution in [0, 0.1) is 0 Å². The summed E-state index contributed by atoms with van der Waals surface area (Å²) in [7, 11) is 0. The third-order valence-electron chi connectivity index (χ3n) is 3.12. The molecule has 0 saturated heterocycles. The van der Waals surface area contributed by atoms with Crippen LogP contribution in [-0.4, -0.2) is 14.5 Å². The highest BCUT2D eigenvalue weighted by Crippen LogP contribution is 2.24. The Morgan fingerprint density at radius 1 is 1.04 bits per heavy atom. The third kappa shape index (κ3) is 3.19. The monoisotopic (exact) mass is 347 g/mol. The number of hydrogen-bond donors (Lipinski definition) is 1. The summed E-state index contributed by atoms with van der Waals surface area (Å²) >= 11 is 11.8. The fourth-order valence-electron chi connectivity index (χ4n) is 1.96. The maximum absolute atomic E-state index is 12.2. The van der Waals surface area contributed by atoms with Crippen LogP contribution >= 0.6 is 23.2 Å². The van der Waals surface area contributed by atoms with E-state index in [0.29, 0.717) is 21.4 Å². The summed E-state index contributed by atoms with van der Waals surface area (Å²) in [6, 6.07) is 13.9. The van der Waals surface area contributed by atoms with E-state index < -0.39 is 5.69 Å². The van der Waals surface area contributed by atoms with Crippen LogP contribution < -0.4 is 16.5 Å². The molecule has 0 aliphatic carbocycles. The van der Waals surface area contributed by atoms with Gasteiger partial charge in [0.25, 0.3) is 5.95 Å². The van der Waals surface area contributed by atoms with Crippen LogP contribution in [0.2, 0.25) is 10.0 Å². The van der Waals surface area contributed by atoms with E-state index in [1.54, 1.807) is 30.3 Å². The normalized spacial score (nSPS) is 10.6. The largest absolute Gasteiger partial charge is 0.356 e. The summed E-state index contributed by atoms with van der Waals surface area (Å²) in [6.07, 6.45) is 1.34. The molecule has 0 aliphatic rings. The maximum atomic E-state index is 12.2. The van der Waals surface area contributed by atoms with Crippen LogP contribution in [0.15, 0.2) is 59.7 Å². The number of nitrogens with zero attached hydrogens (tertiary/aromatic N) is 4. The summed E-state index contributed by atoms with van der Waals surface area (Å²) in [5.74, 6) is 6.03. The van der Waals surface area contributed by atoms with Crippen molar-refractivity contribution >= 4 is 34.8 Å². The van der Waals surface area contributed by atoms with Gasteiger partial charge in [-0.15, -0.1) is 0 Å². The molecule has 116 valence electrons. The molecule has 8 heteroatoms. The number of hydrogen-bond acceptors (Lipinski definition) is 5. The molecule has 1 heterocycles. The molecule has 3 aromatic rings. The molecule has 0 bridgehead atoms. The number of hydrazine groups is 1. The van der Waals surface area contributed by atoms with Gasteiger partial charge in [-0.2, -0.15) is 4.98 Å². The van der Waals surface area contributed by atoms with Gasteiger partial charge in [-0.1, -0.05) is 41.4 Å². The van der Waals surface area contributed by atoms with E-state index in [-0.39, 0.29) is 5.95 Å². The van der Waals surface area contributed by atoms with Crippen LogP contribution in [0.5, 0.6) is 0 Å². The summed E-state index contributed by atoms with van der Waals surface area (Å²) in [5, 5.41) is 1.98. The van der Waals surface area contributed by atoms with E-state index in [0.717, 1.165) is 0 Å². The molecule has 0 saturated carbocycles. The summed E-state index contributed by atoms with van der Waals surface area (Å²) < 4.78 is 1.25. The van der Waals surface area contributed by atoms with E-state index in [4.69, 9.17) is 29.0 Å². The van der Waals surface area contributed by atoms with Gasteiger partial charge in [0.05, 0.1) is 21.4 Å². The molecule has 2 aromatic carbocycles. The van der Waals surface area contributed by atoms with E-state index in [2.05, 4.69) is 9.97 Å². The zero-order valence-electron chi connectivity index (χ0n) is 11.7. The van der Waals surface area contributed by atoms with Gasteiger partial charge in [-0.25, -0.2) is 20.6 Å². The molecule has 1 aromatic heterocycles. The second kappa shape index (κ2) is 6.37. The first kappa shape index (κ1) is 15.5. The Balaban J connectivity index is 1.98. The standard InChI is InChI=1S/C15H11Cl2N5O/c16-12-7-6-11(8-13(12)17)21-9-19-14(20-15(21)23)22(18)10-4-2-1-3-5-10/h1-9H,18H2. The molecule has 0 aliphatic heterocycles. The van der Waals surface area contributed by atoms with Gasteiger partial charge in [0.15, 0.2) is 0 Å². The lowest BCUT2D eigenvalue weighted by atomic mass is 10.3. The highest BCUT2D eigenvalue weighted by molar-refractivity contribution is 6.42. The molecular weight excluding hydrogens is 337 g/mol. The Morgan fingerprint density at radius 2 is 1.78 bits per heavy atom. The van der Waals surface area contributed by atoms with Crippen molar-refractivity contribution in [3.05, 3.63) is 75.4 Å². The fraction of sp³-hybridized carbons (Fsp3) is 0. The molecule has 3 rings (SSSR count). The third-order valence-corrected chi connectivity index (χ3v) is 3.86. The maximum Gasteiger partial charge on any atom is 0.356 e. The Morgan fingerprint density at radius 3 is 2.43 bits per heavy atom. The topological polar surface area (TPSA) is 77.0 Å². The number of aromatic nitrogens is 3. The molecule has 0 atom stereocenters. The van der Waals surface area contributed by atoms with Gasteiger partial charge in [-0.3, -0.25) is 4.57 Å². The average molecular weight is 348 g/mol. The Hall–Kier alpha value is -2.41. The van der Waals surface area contributed by atoms with Gasteiger partial charge in [-0.05, 0) is 30.3 Å². The number of nitrogens with two attached hydrogens (primary N) is 1. The van der Waals surface area contributed by atoms with Crippen molar-refractivity contribution in [3.8, 4) is 5.69 Å². The van der Waals surface area contributed by atoms with Crippen LogP contribution in [0.3, 0.4) is 0 Å². The Kier molecular flexibility index (Phi) is 4.29. The second-order valence-electron chi connectivity index (χ2n) is 4.61. The van der Waals surface area contributed by atoms with Gasteiger partial charge in [0.1, 0.15) is 6.33 Å². The van der Waals surface area contributed by atoms with Crippen LogP contribution in [0.4, 0.5) is 11.6 Å². The van der Waals surface area contributed by atoms with Crippen LogP contribution in [0.25, 0.3) is 5.69 Å². The van der Waals surface area contributed by atoms with Gasteiger partial charge in [0, 0.05) is 0 Å². The Bertz CT molecular complexity index is 898. The number of halogens is 2. The van der Waals surface area contributed by atoms with Gasteiger partial charge >= 0.3 is 5.69 Å². The molecule has 2 N–H and O–H groups in total. The van der Waals surface area contributed by atoms with Crippen molar-refractivity contribution in [3.63, 3.8) is 0 Å². The van der Waals surface area contributed by atoms with E-state index >= 15 is 0 Å². The first-order chi connectivity index (χ1) is 11.1. The lowest BCUT2D eigenvalue weighted by molar-refractivity contribution is 0.833. The zero-order chi connectivity index (χ0) is 16.4. The quantitative estimate of drug-likeness (QED) is 0.582. The van der Waals surface area contributed by atoms with Crippen molar-refractivity contribution in [2.45, 2.75) is 0 Å². The van der Waals surface area contributed by atoms with Crippen molar-refractivity contribution < 1.29 is 0 Å². The predicted octanol–water partition coefficient (Wildman–Crippen LogP) is 2.95. The molecule has 23 heavy (non-hydrogen) atoms. The number of benzene rings is 2. The number of anilines is 2. The van der Waals surface area contributed by atoms with Crippen molar-refractivity contribution in [2.75, 3.05) is 5.01 Å². The van der Waals surface area contributed by atoms with Crippen molar-refractivity contribution in [1.29, 1.82) is 0 Å². The minimum atomic E-state index is -0.528. The summed E-state index contributed by atoms with van der Waals surface area (Å²) in [4.78, 5) is 20.2. The highest BCUT2D eigenvalue weighted by atomic mass is 35.5. The first-order valence-corrected chi connectivity index (χ1v) is 7.33. The van der Waals surface area contributed by atoms with Crippen molar-refractivity contribution in [2.24, 2.45) is 5.84 Å². The average Bonchev–Trinajstić information content (AvgIpc) is 2.57. The van der Waals surface area contributed by atoms with Crippen LogP contribution in [-0.2, 0) is 0 Å². The zero-order valence-corrected chi connectivity index (χ0v) is 13.2. The molecule has 0 unspecified atom stereocenters. The lowest BCUT2D eigenvalue weighted by Crippen LogP contribution is -2.31. The molecule has 0 radical (unpaired) electrons. The van der Waals surface area contributed by atoms with Gasteiger partial charge < -0.3 is 0 Å². The molecule has 6 nitrogen and oxygen atoms in total. The molecule has 0 spiro atoms. The second-order valence-corrected chi connectivity index (χ2v) is 5.43. The molecular formula is C15H11Cl2N5O. The van der Waals surface area contributed by atoms with Crippen molar-refractivity contribution in [1.82, 2.24) is 14.5 Å². The predicted molar refractivity (Wildman–Crippen MR) is 90.4 cm³/mol. The first-order valence-electron chi connectivity index (χ1n) is 6.57. The number of para-hydroxylation sites is 1. The lowest BCUT2D eigenvalue weighted by Gasteiger charge is -2.16. The number of rotatable bonds is 3. The fourth-order valence-corrected chi connectivity index (χ4v) is 2.25. The van der Waals surface area contributed by atoms with E-state index in [9.17, 15) is 4.79 Å². The molecule has 0 amide bonds. The molecule has 0 fully saturated rings. The van der Waals surface area contributed by atoms with Crippen LogP contribution in [0.1, 0.15) is 0 Å². The minimum absolute atomic E-state index is 0.0949. The summed E-state index contributed by atoms with van der Waals surface area (Å²) in [6.45, 7) is 0. The van der Waals surface area contributed by atoms with E-state index in [1.165, 1.54) is 15.9 Å². The summed E-state index contributed by atoms with van der Waals surface area (Å²) in [5.41, 5.74) is 0.651. The van der Waals surface area contributed by atoms with E-state index in [1.807, 2.05) is 18.2 Å². The Labute approximate surface area is 141 Å². The SMILES string of the molecule is NN(c1ccccc1)c1ncn(-c2ccc(Cl)c(Cl)c2)c(=O)n1. The van der Waals surface area contributed by atoms with Gasteiger partial charge in [0.2, 0.25) is 0 Å². The minimum Gasteiger partial charge on any atom is -0.251 e.